The van der Waals surface area contributed by atoms with Gasteiger partial charge in [0.2, 0.25) is 0 Å². The molecule has 3 rings (SSSR count). The van der Waals surface area contributed by atoms with Crippen molar-refractivity contribution in [2.24, 2.45) is 0 Å². The summed E-state index contributed by atoms with van der Waals surface area (Å²) in [6.45, 7) is -0.401. The summed E-state index contributed by atoms with van der Waals surface area (Å²) in [4.78, 5) is 23.4. The predicted molar refractivity (Wildman–Crippen MR) is 105 cm³/mol. The number of carbonyl (C=O) groups excluding carboxylic acids is 1. The van der Waals surface area contributed by atoms with Gasteiger partial charge in [-0.2, -0.15) is 0 Å². The van der Waals surface area contributed by atoms with E-state index in [4.69, 9.17) is 5.11 Å². The van der Waals surface area contributed by atoms with Crippen LogP contribution >= 0.6 is 7.92 Å². The van der Waals surface area contributed by atoms with E-state index in [1.807, 2.05) is 48.5 Å². The van der Waals surface area contributed by atoms with Crippen LogP contribution in [0.5, 0.6) is 0 Å². The Balaban J connectivity index is 2.08. The van der Waals surface area contributed by atoms with Crippen molar-refractivity contribution >= 4 is 35.7 Å². The lowest BCUT2D eigenvalue weighted by molar-refractivity contribution is -0.135. The second-order valence-corrected chi connectivity index (χ2v) is 7.79. The maximum absolute atomic E-state index is 12.6. The molecule has 0 aliphatic carbocycles. The number of hydrogen-bond donors (Lipinski definition) is 2. The number of carboxylic acids is 1. The molecule has 0 saturated heterocycles. The van der Waals surface area contributed by atoms with Crippen molar-refractivity contribution in [3.63, 3.8) is 0 Å². The van der Waals surface area contributed by atoms with E-state index < -0.39 is 20.4 Å². The van der Waals surface area contributed by atoms with Gasteiger partial charge in [0.1, 0.15) is 6.54 Å². The second-order valence-electron chi connectivity index (χ2n) is 5.60. The molecule has 0 fully saturated rings. The highest BCUT2D eigenvalue weighted by molar-refractivity contribution is 7.80. The third kappa shape index (κ3) is 4.16. The standard InChI is InChI=1S/C21H18NO3P/c23-20(24)15-22-21(25)18-13-7-8-14-19(18)26(16-9-3-1-4-10-16)17-11-5-2-6-12-17/h1-14H,15H2,(H,22,25)(H,23,24). The lowest BCUT2D eigenvalue weighted by Crippen LogP contribution is -2.34. The second kappa shape index (κ2) is 8.41. The average molecular weight is 363 g/mol. The summed E-state index contributed by atoms with van der Waals surface area (Å²) in [6.07, 6.45) is 0. The number of carboxylic acid groups (broad SMARTS) is 1. The van der Waals surface area contributed by atoms with Gasteiger partial charge in [0.25, 0.3) is 5.91 Å². The molecule has 0 atom stereocenters. The Morgan fingerprint density at radius 1 is 0.769 bits per heavy atom. The summed E-state index contributed by atoms with van der Waals surface area (Å²) in [5.74, 6) is -1.44. The normalized spacial score (nSPS) is 10.5. The van der Waals surface area contributed by atoms with E-state index in [-0.39, 0.29) is 5.91 Å². The molecule has 0 heterocycles. The van der Waals surface area contributed by atoms with Crippen LogP contribution in [0.15, 0.2) is 84.9 Å². The molecule has 0 saturated carbocycles. The van der Waals surface area contributed by atoms with E-state index in [2.05, 4.69) is 29.6 Å². The molecule has 0 aliphatic rings. The van der Waals surface area contributed by atoms with Crippen LogP contribution in [-0.2, 0) is 4.79 Å². The van der Waals surface area contributed by atoms with Gasteiger partial charge in [-0.3, -0.25) is 9.59 Å². The van der Waals surface area contributed by atoms with Crippen molar-refractivity contribution in [1.29, 1.82) is 0 Å². The zero-order chi connectivity index (χ0) is 18.4. The van der Waals surface area contributed by atoms with E-state index in [9.17, 15) is 9.59 Å². The van der Waals surface area contributed by atoms with Crippen LogP contribution in [-0.4, -0.2) is 23.5 Å². The topological polar surface area (TPSA) is 66.4 Å². The van der Waals surface area contributed by atoms with Gasteiger partial charge in [-0.1, -0.05) is 78.9 Å². The number of aliphatic carboxylic acids is 1. The SMILES string of the molecule is O=C(O)CNC(=O)c1ccccc1P(c1ccccc1)c1ccccc1. The Bertz CT molecular complexity index is 858. The summed E-state index contributed by atoms with van der Waals surface area (Å²) >= 11 is 0. The Labute approximate surface area is 153 Å². The van der Waals surface area contributed by atoms with E-state index in [1.165, 1.54) is 0 Å². The van der Waals surface area contributed by atoms with E-state index in [0.29, 0.717) is 5.56 Å². The van der Waals surface area contributed by atoms with Crippen molar-refractivity contribution in [1.82, 2.24) is 5.32 Å². The van der Waals surface area contributed by atoms with Gasteiger partial charge < -0.3 is 10.4 Å². The third-order valence-electron chi connectivity index (χ3n) is 3.82. The summed E-state index contributed by atoms with van der Waals surface area (Å²) in [7, 11) is -0.934. The number of nitrogens with one attached hydrogen (secondary N) is 1. The molecule has 3 aromatic rings. The number of amides is 1. The zero-order valence-corrected chi connectivity index (χ0v) is 14.9. The molecule has 0 aliphatic heterocycles. The maximum atomic E-state index is 12.6. The molecule has 0 aromatic heterocycles. The highest BCUT2D eigenvalue weighted by Gasteiger charge is 2.22. The molecule has 0 radical (unpaired) electrons. The zero-order valence-electron chi connectivity index (χ0n) is 14.0. The van der Waals surface area contributed by atoms with Crippen molar-refractivity contribution in [2.75, 3.05) is 6.54 Å². The first-order valence-electron chi connectivity index (χ1n) is 8.16. The lowest BCUT2D eigenvalue weighted by Gasteiger charge is -2.21. The quantitative estimate of drug-likeness (QED) is 0.660. The van der Waals surface area contributed by atoms with Crippen LogP contribution in [0.3, 0.4) is 0 Å². The van der Waals surface area contributed by atoms with Crippen molar-refractivity contribution < 1.29 is 14.7 Å². The molecular formula is C21H18NO3P. The fraction of sp³-hybridized carbons (Fsp3) is 0.0476. The first kappa shape index (κ1) is 17.8. The van der Waals surface area contributed by atoms with Crippen LogP contribution in [0.2, 0.25) is 0 Å². The lowest BCUT2D eigenvalue weighted by atomic mass is 10.2. The maximum Gasteiger partial charge on any atom is 0.322 e. The van der Waals surface area contributed by atoms with E-state index in [1.54, 1.807) is 12.1 Å². The van der Waals surface area contributed by atoms with Crippen molar-refractivity contribution in [2.45, 2.75) is 0 Å². The van der Waals surface area contributed by atoms with Crippen LogP contribution in [0, 0.1) is 0 Å². The van der Waals surface area contributed by atoms with E-state index >= 15 is 0 Å². The number of benzene rings is 3. The Morgan fingerprint density at radius 2 is 1.27 bits per heavy atom. The average Bonchev–Trinajstić information content (AvgIpc) is 2.68. The summed E-state index contributed by atoms with van der Waals surface area (Å²) in [6, 6.07) is 27.5. The van der Waals surface area contributed by atoms with Gasteiger partial charge in [-0.05, 0) is 29.9 Å². The molecule has 1 amide bonds. The highest BCUT2D eigenvalue weighted by Crippen LogP contribution is 2.33. The van der Waals surface area contributed by atoms with Crippen LogP contribution in [0.4, 0.5) is 0 Å². The summed E-state index contributed by atoms with van der Waals surface area (Å²) < 4.78 is 0. The number of carbonyl (C=O) groups is 2. The molecule has 3 aromatic carbocycles. The monoisotopic (exact) mass is 363 g/mol. The first-order chi connectivity index (χ1) is 12.7. The molecule has 130 valence electrons. The summed E-state index contributed by atoms with van der Waals surface area (Å²) in [5.41, 5.74) is 0.507. The molecule has 0 spiro atoms. The molecular weight excluding hydrogens is 345 g/mol. The minimum absolute atomic E-state index is 0.373. The number of rotatable bonds is 6. The van der Waals surface area contributed by atoms with Crippen LogP contribution in [0.25, 0.3) is 0 Å². The Morgan fingerprint density at radius 3 is 1.81 bits per heavy atom. The first-order valence-corrected chi connectivity index (χ1v) is 9.50. The fourth-order valence-corrected chi connectivity index (χ4v) is 5.14. The minimum Gasteiger partial charge on any atom is -0.480 e. The largest absolute Gasteiger partial charge is 0.480 e. The number of hydrogen-bond acceptors (Lipinski definition) is 2. The van der Waals surface area contributed by atoms with E-state index in [0.717, 1.165) is 15.9 Å². The van der Waals surface area contributed by atoms with Gasteiger partial charge >= 0.3 is 5.97 Å². The molecule has 4 nitrogen and oxygen atoms in total. The third-order valence-corrected chi connectivity index (χ3v) is 6.32. The fourth-order valence-electron chi connectivity index (χ4n) is 2.69. The van der Waals surface area contributed by atoms with Gasteiger partial charge in [-0.15, -0.1) is 0 Å². The van der Waals surface area contributed by atoms with Crippen molar-refractivity contribution in [3.8, 4) is 0 Å². The molecule has 2 N–H and O–H groups in total. The molecule has 0 unspecified atom stereocenters. The minimum atomic E-state index is -1.07. The van der Waals surface area contributed by atoms with Gasteiger partial charge in [0.15, 0.2) is 0 Å². The van der Waals surface area contributed by atoms with Gasteiger partial charge in [-0.25, -0.2) is 0 Å². The Kier molecular flexibility index (Phi) is 5.77. The van der Waals surface area contributed by atoms with Crippen LogP contribution < -0.4 is 21.2 Å². The Hall–Kier alpha value is -2.97. The molecule has 26 heavy (non-hydrogen) atoms. The van der Waals surface area contributed by atoms with Gasteiger partial charge in [0.05, 0.1) is 0 Å². The predicted octanol–water partition coefficient (Wildman–Crippen LogP) is 2.26. The van der Waals surface area contributed by atoms with Crippen LogP contribution in [0.1, 0.15) is 10.4 Å². The smallest absolute Gasteiger partial charge is 0.322 e. The highest BCUT2D eigenvalue weighted by atomic mass is 31.1. The van der Waals surface area contributed by atoms with Crippen molar-refractivity contribution in [3.05, 3.63) is 90.5 Å². The molecule has 5 heteroatoms. The van der Waals surface area contributed by atoms with Gasteiger partial charge in [0, 0.05) is 5.56 Å². The summed E-state index contributed by atoms with van der Waals surface area (Å²) in [5, 5.41) is 14.5. The molecule has 0 bridgehead atoms.